The summed E-state index contributed by atoms with van der Waals surface area (Å²) in [6.45, 7) is 1.95. The molecule has 5 heteroatoms. The first-order valence-electron chi connectivity index (χ1n) is 5.07. The molecular weight excluding hydrogens is 206 g/mol. The van der Waals surface area contributed by atoms with Crippen LogP contribution in [0.15, 0.2) is 35.3 Å². The van der Waals surface area contributed by atoms with Gasteiger partial charge in [-0.1, -0.05) is 0 Å². The zero-order valence-electron chi connectivity index (χ0n) is 8.92. The van der Waals surface area contributed by atoms with Gasteiger partial charge >= 0.3 is 0 Å². The average Bonchev–Trinajstić information content (AvgIpc) is 2.27. The predicted octanol–water partition coefficient (Wildman–Crippen LogP) is 0.321. The van der Waals surface area contributed by atoms with Crippen LogP contribution in [-0.2, 0) is 0 Å². The number of nitrogens with one attached hydrogen (secondary N) is 1. The van der Waals surface area contributed by atoms with Crippen molar-refractivity contribution in [3.05, 3.63) is 40.8 Å². The first kappa shape index (κ1) is 10.6. The van der Waals surface area contributed by atoms with Crippen molar-refractivity contribution in [3.63, 3.8) is 0 Å². The Morgan fingerprint density at radius 2 is 2.31 bits per heavy atom. The van der Waals surface area contributed by atoms with Gasteiger partial charge < -0.3 is 10.5 Å². The second-order valence-corrected chi connectivity index (χ2v) is 3.63. The van der Waals surface area contributed by atoms with Crippen molar-refractivity contribution < 1.29 is 5.11 Å². The van der Waals surface area contributed by atoms with Gasteiger partial charge in [0.25, 0.3) is 5.56 Å². The van der Waals surface area contributed by atoms with Gasteiger partial charge in [-0.05, 0) is 25.1 Å². The van der Waals surface area contributed by atoms with Gasteiger partial charge in [-0.3, -0.25) is 4.79 Å². The van der Waals surface area contributed by atoms with Gasteiger partial charge in [0.15, 0.2) is 5.65 Å². The molecule has 2 rings (SSSR count). The Kier molecular flexibility index (Phi) is 2.87. The van der Waals surface area contributed by atoms with Crippen molar-refractivity contribution >= 4 is 11.0 Å². The number of aliphatic hydroxyl groups excluding tert-OH is 1. The van der Waals surface area contributed by atoms with Gasteiger partial charge in [-0.2, -0.15) is 0 Å². The molecule has 0 bridgehead atoms. The maximum Gasteiger partial charge on any atom is 0.270 e. The number of pyridine rings is 2. The Labute approximate surface area is 92.3 Å². The molecule has 2 N–H and O–H groups in total. The average molecular weight is 219 g/mol. The van der Waals surface area contributed by atoms with E-state index in [1.54, 1.807) is 19.2 Å². The molecule has 0 radical (unpaired) electrons. The molecule has 2 aromatic heterocycles. The van der Waals surface area contributed by atoms with E-state index < -0.39 is 6.10 Å². The number of rotatable bonds is 3. The molecule has 84 valence electrons. The van der Waals surface area contributed by atoms with Crippen LogP contribution >= 0.6 is 0 Å². The third-order valence-electron chi connectivity index (χ3n) is 2.20. The summed E-state index contributed by atoms with van der Waals surface area (Å²) in [5.41, 5.74) is 3.22. The van der Waals surface area contributed by atoms with Crippen LogP contribution in [0.5, 0.6) is 0 Å². The molecule has 1 atom stereocenters. The van der Waals surface area contributed by atoms with Crippen LogP contribution in [-0.4, -0.2) is 27.4 Å². The lowest BCUT2D eigenvalue weighted by molar-refractivity contribution is 0.204. The minimum absolute atomic E-state index is 0.188. The van der Waals surface area contributed by atoms with Crippen LogP contribution in [0.2, 0.25) is 0 Å². The van der Waals surface area contributed by atoms with E-state index in [-0.39, 0.29) is 5.56 Å². The van der Waals surface area contributed by atoms with E-state index in [1.807, 2.05) is 12.1 Å². The molecule has 0 saturated carbocycles. The quantitative estimate of drug-likeness (QED) is 0.780. The van der Waals surface area contributed by atoms with E-state index >= 15 is 0 Å². The van der Waals surface area contributed by atoms with Crippen LogP contribution in [0.25, 0.3) is 11.0 Å². The topological polar surface area (TPSA) is 67.2 Å². The second kappa shape index (κ2) is 4.32. The maximum absolute atomic E-state index is 11.6. The maximum atomic E-state index is 11.6. The van der Waals surface area contributed by atoms with Crippen LogP contribution in [0.4, 0.5) is 0 Å². The van der Waals surface area contributed by atoms with Crippen molar-refractivity contribution in [3.8, 4) is 0 Å². The van der Waals surface area contributed by atoms with Crippen molar-refractivity contribution in [1.82, 2.24) is 9.66 Å². The molecule has 0 spiro atoms. The molecule has 5 nitrogen and oxygen atoms in total. The number of hydrogen-bond donors (Lipinski definition) is 2. The van der Waals surface area contributed by atoms with Gasteiger partial charge in [0.2, 0.25) is 0 Å². The summed E-state index contributed by atoms with van der Waals surface area (Å²) >= 11 is 0. The van der Waals surface area contributed by atoms with Crippen molar-refractivity contribution in [2.24, 2.45) is 0 Å². The highest BCUT2D eigenvalue weighted by Crippen LogP contribution is 2.06. The number of fused-ring (bicyclic) bond motifs is 1. The predicted molar refractivity (Wildman–Crippen MR) is 61.9 cm³/mol. The molecule has 2 heterocycles. The fraction of sp³-hybridized carbons (Fsp3) is 0.273. The van der Waals surface area contributed by atoms with Gasteiger partial charge in [0, 0.05) is 17.6 Å². The summed E-state index contributed by atoms with van der Waals surface area (Å²) in [5.74, 6) is 0. The lowest BCUT2D eigenvalue weighted by Crippen LogP contribution is -2.33. The van der Waals surface area contributed by atoms with Gasteiger partial charge in [-0.25, -0.2) is 9.66 Å². The first-order chi connectivity index (χ1) is 7.68. The summed E-state index contributed by atoms with van der Waals surface area (Å²) in [6, 6.07) is 6.89. The van der Waals surface area contributed by atoms with Gasteiger partial charge in [0.05, 0.1) is 12.6 Å². The Balaban J connectivity index is 2.49. The normalized spacial score (nSPS) is 12.6. The number of aromatic nitrogens is 2. The van der Waals surface area contributed by atoms with Crippen LogP contribution in [0.1, 0.15) is 6.92 Å². The van der Waals surface area contributed by atoms with Gasteiger partial charge in [0.1, 0.15) is 0 Å². The third kappa shape index (κ3) is 2.04. The molecule has 0 amide bonds. The van der Waals surface area contributed by atoms with Gasteiger partial charge in [-0.15, -0.1) is 0 Å². The Hall–Kier alpha value is -1.88. The largest absolute Gasteiger partial charge is 0.392 e. The highest BCUT2D eigenvalue weighted by Gasteiger charge is 2.03. The standard InChI is InChI=1S/C11H13N3O2/c1-8(15)7-13-14-10(16)5-4-9-3-2-6-12-11(9)14/h2-6,8,13,15H,7H2,1H3. The minimum Gasteiger partial charge on any atom is -0.392 e. The molecule has 0 saturated heterocycles. The zero-order chi connectivity index (χ0) is 11.5. The van der Waals surface area contributed by atoms with E-state index in [0.29, 0.717) is 12.2 Å². The SMILES string of the molecule is CC(O)CNn1c(=O)ccc2cccnc21. The lowest BCUT2D eigenvalue weighted by atomic mass is 10.3. The van der Waals surface area contributed by atoms with E-state index in [2.05, 4.69) is 10.4 Å². The Bertz CT molecular complexity index is 548. The summed E-state index contributed by atoms with van der Waals surface area (Å²) < 4.78 is 1.35. The fourth-order valence-corrected chi connectivity index (χ4v) is 1.44. The van der Waals surface area contributed by atoms with E-state index in [0.717, 1.165) is 5.39 Å². The Morgan fingerprint density at radius 3 is 3.06 bits per heavy atom. The van der Waals surface area contributed by atoms with Crippen molar-refractivity contribution in [1.29, 1.82) is 0 Å². The molecular formula is C11H13N3O2. The molecule has 0 aliphatic carbocycles. The highest BCUT2D eigenvalue weighted by molar-refractivity contribution is 5.74. The molecule has 0 fully saturated rings. The first-order valence-corrected chi connectivity index (χ1v) is 5.07. The minimum atomic E-state index is -0.522. The summed E-state index contributed by atoms with van der Waals surface area (Å²) in [5, 5.41) is 10.1. The number of nitrogens with zero attached hydrogens (tertiary/aromatic N) is 2. The second-order valence-electron chi connectivity index (χ2n) is 3.63. The van der Waals surface area contributed by atoms with E-state index in [4.69, 9.17) is 0 Å². The summed E-state index contributed by atoms with van der Waals surface area (Å²) in [4.78, 5) is 15.8. The molecule has 16 heavy (non-hydrogen) atoms. The zero-order valence-corrected chi connectivity index (χ0v) is 8.92. The molecule has 0 aliphatic heterocycles. The van der Waals surface area contributed by atoms with E-state index in [1.165, 1.54) is 10.7 Å². The summed E-state index contributed by atoms with van der Waals surface area (Å²) in [7, 11) is 0. The van der Waals surface area contributed by atoms with Crippen molar-refractivity contribution in [2.75, 3.05) is 12.0 Å². The monoisotopic (exact) mass is 219 g/mol. The molecule has 2 aromatic rings. The molecule has 1 unspecified atom stereocenters. The highest BCUT2D eigenvalue weighted by atomic mass is 16.3. The summed E-state index contributed by atoms with van der Waals surface area (Å²) in [6.07, 6.45) is 1.10. The van der Waals surface area contributed by atoms with Crippen LogP contribution < -0.4 is 11.0 Å². The van der Waals surface area contributed by atoms with Crippen LogP contribution in [0.3, 0.4) is 0 Å². The Morgan fingerprint density at radius 1 is 1.50 bits per heavy atom. The fourth-order valence-electron chi connectivity index (χ4n) is 1.44. The van der Waals surface area contributed by atoms with Crippen LogP contribution in [0, 0.1) is 0 Å². The third-order valence-corrected chi connectivity index (χ3v) is 2.20. The lowest BCUT2D eigenvalue weighted by Gasteiger charge is -2.12. The molecule has 0 aliphatic rings. The van der Waals surface area contributed by atoms with E-state index in [9.17, 15) is 9.90 Å². The number of hydrogen-bond acceptors (Lipinski definition) is 4. The smallest absolute Gasteiger partial charge is 0.270 e. The number of aliphatic hydroxyl groups is 1. The van der Waals surface area contributed by atoms with Crippen molar-refractivity contribution in [2.45, 2.75) is 13.0 Å². The molecule has 0 aromatic carbocycles.